The molecule has 0 aromatic carbocycles. The van der Waals surface area contributed by atoms with Crippen LogP contribution in [0.2, 0.25) is 0 Å². The second-order valence-corrected chi connectivity index (χ2v) is 16.3. The molecule has 0 aliphatic carbocycles. The summed E-state index contributed by atoms with van der Waals surface area (Å²) in [6.45, 7) is 7.66. The van der Waals surface area contributed by atoms with E-state index in [1.807, 2.05) is 0 Å². The number of carbonyl (C=O) groups is 2. The molecular formula is C53H94O5. The van der Waals surface area contributed by atoms with Crippen LogP contribution in [0.4, 0.5) is 0 Å². The molecule has 0 spiro atoms. The van der Waals surface area contributed by atoms with E-state index in [9.17, 15) is 9.59 Å². The number of carbonyl (C=O) groups excluding carboxylic acids is 2. The molecule has 0 aliphatic rings. The highest BCUT2D eigenvalue weighted by atomic mass is 16.6. The predicted octanol–water partition coefficient (Wildman–Crippen LogP) is 16.6. The van der Waals surface area contributed by atoms with E-state index in [2.05, 4.69) is 81.5 Å². The molecule has 0 radical (unpaired) electrons. The van der Waals surface area contributed by atoms with Crippen LogP contribution < -0.4 is 0 Å². The van der Waals surface area contributed by atoms with Crippen LogP contribution in [0.3, 0.4) is 0 Å². The van der Waals surface area contributed by atoms with Crippen molar-refractivity contribution in [1.29, 1.82) is 0 Å². The highest BCUT2D eigenvalue weighted by Crippen LogP contribution is 2.13. The molecule has 0 saturated carbocycles. The van der Waals surface area contributed by atoms with Gasteiger partial charge in [-0.2, -0.15) is 0 Å². The Morgan fingerprint density at radius 1 is 0.397 bits per heavy atom. The van der Waals surface area contributed by atoms with Crippen molar-refractivity contribution in [2.75, 3.05) is 19.8 Å². The molecule has 0 saturated heterocycles. The minimum Gasteiger partial charge on any atom is -0.462 e. The summed E-state index contributed by atoms with van der Waals surface area (Å²) < 4.78 is 17.3. The molecule has 0 N–H and O–H groups in total. The monoisotopic (exact) mass is 811 g/mol. The van der Waals surface area contributed by atoms with Gasteiger partial charge >= 0.3 is 11.9 Å². The van der Waals surface area contributed by atoms with Gasteiger partial charge in [0, 0.05) is 19.4 Å². The smallest absolute Gasteiger partial charge is 0.306 e. The predicted molar refractivity (Wildman–Crippen MR) is 251 cm³/mol. The normalized spacial score (nSPS) is 12.7. The van der Waals surface area contributed by atoms with Crippen LogP contribution in [-0.2, 0) is 23.8 Å². The molecule has 0 aromatic heterocycles. The third kappa shape index (κ3) is 46.3. The van der Waals surface area contributed by atoms with Crippen molar-refractivity contribution in [3.8, 4) is 0 Å². The van der Waals surface area contributed by atoms with Gasteiger partial charge in [-0.3, -0.25) is 9.59 Å². The molecule has 1 atom stereocenters. The number of hydrogen-bond donors (Lipinski definition) is 0. The first kappa shape index (κ1) is 55.6. The third-order valence-corrected chi connectivity index (χ3v) is 10.5. The zero-order valence-corrected chi connectivity index (χ0v) is 38.6. The summed E-state index contributed by atoms with van der Waals surface area (Å²) in [5.74, 6) is -0.415. The van der Waals surface area contributed by atoms with E-state index in [0.29, 0.717) is 19.4 Å². The molecular weight excluding hydrogens is 717 g/mol. The van der Waals surface area contributed by atoms with Crippen molar-refractivity contribution >= 4 is 11.9 Å². The molecule has 336 valence electrons. The zero-order chi connectivity index (χ0) is 42.1. The van der Waals surface area contributed by atoms with Crippen LogP contribution in [0, 0.1) is 0 Å². The average molecular weight is 811 g/mol. The molecule has 0 fully saturated rings. The lowest BCUT2D eigenvalue weighted by Gasteiger charge is -2.18. The second-order valence-electron chi connectivity index (χ2n) is 16.3. The fourth-order valence-electron chi connectivity index (χ4n) is 6.85. The summed E-state index contributed by atoms with van der Waals surface area (Å²) in [6, 6.07) is 0. The lowest BCUT2D eigenvalue weighted by atomic mass is 10.1. The fraction of sp³-hybridized carbons (Fsp3) is 0.774. The average Bonchev–Trinajstić information content (AvgIpc) is 3.22. The Bertz CT molecular complexity index is 1010. The largest absolute Gasteiger partial charge is 0.462 e. The van der Waals surface area contributed by atoms with Crippen LogP contribution >= 0.6 is 0 Å². The molecule has 0 rings (SSSR count). The first-order valence-corrected chi connectivity index (χ1v) is 24.8. The van der Waals surface area contributed by atoms with Gasteiger partial charge in [0.1, 0.15) is 6.61 Å². The van der Waals surface area contributed by atoms with E-state index >= 15 is 0 Å². The molecule has 5 nitrogen and oxygen atoms in total. The van der Waals surface area contributed by atoms with E-state index in [1.54, 1.807) is 0 Å². The Morgan fingerprint density at radius 2 is 0.776 bits per heavy atom. The Kier molecular flexibility index (Phi) is 46.9. The Balaban J connectivity index is 4.14. The molecule has 58 heavy (non-hydrogen) atoms. The first-order valence-electron chi connectivity index (χ1n) is 24.8. The van der Waals surface area contributed by atoms with Crippen molar-refractivity contribution in [2.24, 2.45) is 0 Å². The van der Waals surface area contributed by atoms with Gasteiger partial charge in [-0.15, -0.1) is 0 Å². The SMILES string of the molecule is CC/C=C\C/C=C\C/C=C\C/C=C\CCCCCCCCCOCC(COC(=O)CCCCCCC/C=C\CCCCCCCC)OC(=O)CCCCCCCCC. The van der Waals surface area contributed by atoms with Crippen LogP contribution in [0.25, 0.3) is 0 Å². The van der Waals surface area contributed by atoms with Gasteiger partial charge in [-0.05, 0) is 83.5 Å². The number of rotatable bonds is 45. The second kappa shape index (κ2) is 49.0. The number of hydrogen-bond acceptors (Lipinski definition) is 5. The third-order valence-electron chi connectivity index (χ3n) is 10.5. The molecule has 0 amide bonds. The Morgan fingerprint density at radius 3 is 1.26 bits per heavy atom. The first-order chi connectivity index (χ1) is 28.6. The Labute approximate surface area is 360 Å². The molecule has 0 aliphatic heterocycles. The summed E-state index contributed by atoms with van der Waals surface area (Å²) in [5, 5.41) is 0. The molecule has 0 aromatic rings. The van der Waals surface area contributed by atoms with Crippen LogP contribution in [-0.4, -0.2) is 37.9 Å². The molecule has 0 heterocycles. The summed E-state index contributed by atoms with van der Waals surface area (Å²) in [4.78, 5) is 25.2. The van der Waals surface area contributed by atoms with Gasteiger partial charge in [0.05, 0.1) is 6.61 Å². The minimum atomic E-state index is -0.541. The topological polar surface area (TPSA) is 61.8 Å². The summed E-state index contributed by atoms with van der Waals surface area (Å²) >= 11 is 0. The number of allylic oxidation sites excluding steroid dienone is 10. The quantitative estimate of drug-likeness (QED) is 0.0348. The molecule has 0 bridgehead atoms. The van der Waals surface area contributed by atoms with Gasteiger partial charge in [0.15, 0.2) is 6.10 Å². The van der Waals surface area contributed by atoms with E-state index in [4.69, 9.17) is 14.2 Å². The van der Waals surface area contributed by atoms with E-state index in [1.165, 1.54) is 128 Å². The number of esters is 2. The van der Waals surface area contributed by atoms with E-state index in [0.717, 1.165) is 77.0 Å². The van der Waals surface area contributed by atoms with E-state index < -0.39 is 6.10 Å². The Hall–Kier alpha value is -2.40. The maximum atomic E-state index is 12.7. The van der Waals surface area contributed by atoms with Gasteiger partial charge in [-0.25, -0.2) is 0 Å². The van der Waals surface area contributed by atoms with Crippen LogP contribution in [0.5, 0.6) is 0 Å². The molecule has 5 heteroatoms. The highest BCUT2D eigenvalue weighted by molar-refractivity contribution is 5.70. The van der Waals surface area contributed by atoms with Crippen molar-refractivity contribution in [3.05, 3.63) is 60.8 Å². The maximum Gasteiger partial charge on any atom is 0.306 e. The van der Waals surface area contributed by atoms with Crippen molar-refractivity contribution < 1.29 is 23.8 Å². The summed E-state index contributed by atoms with van der Waals surface area (Å²) in [6.07, 6.45) is 60.9. The van der Waals surface area contributed by atoms with Gasteiger partial charge in [-0.1, -0.05) is 204 Å². The standard InChI is InChI=1S/C53H94O5/c1-4-7-10-13-16-18-20-22-24-25-26-27-28-30-32-34-36-39-42-45-48-56-49-51(58-53(55)47-44-41-37-15-12-9-6-3)50-57-52(54)46-43-40-38-35-33-31-29-23-21-19-17-14-11-8-5-2/h7,10,16,18,22-24,26-27,29,51H,4-6,8-9,11-15,17,19-21,25,28,30-50H2,1-3H3/b10-7-,18-16-,24-22-,27-26-,29-23-. The van der Waals surface area contributed by atoms with Crippen LogP contribution in [0.1, 0.15) is 239 Å². The van der Waals surface area contributed by atoms with Crippen molar-refractivity contribution in [2.45, 2.75) is 245 Å². The van der Waals surface area contributed by atoms with Crippen molar-refractivity contribution in [1.82, 2.24) is 0 Å². The lowest BCUT2D eigenvalue weighted by molar-refractivity contribution is -0.163. The minimum absolute atomic E-state index is 0.0770. The van der Waals surface area contributed by atoms with Crippen LogP contribution in [0.15, 0.2) is 60.8 Å². The highest BCUT2D eigenvalue weighted by Gasteiger charge is 2.17. The zero-order valence-electron chi connectivity index (χ0n) is 38.6. The van der Waals surface area contributed by atoms with Gasteiger partial charge in [0.25, 0.3) is 0 Å². The van der Waals surface area contributed by atoms with E-state index in [-0.39, 0.29) is 25.2 Å². The fourth-order valence-corrected chi connectivity index (χ4v) is 6.85. The summed E-state index contributed by atoms with van der Waals surface area (Å²) in [7, 11) is 0. The van der Waals surface area contributed by atoms with Gasteiger partial charge < -0.3 is 14.2 Å². The summed E-state index contributed by atoms with van der Waals surface area (Å²) in [5.41, 5.74) is 0. The maximum absolute atomic E-state index is 12.7. The molecule has 1 unspecified atom stereocenters. The number of ether oxygens (including phenoxy) is 3. The van der Waals surface area contributed by atoms with Gasteiger partial charge in [0.2, 0.25) is 0 Å². The lowest BCUT2D eigenvalue weighted by Crippen LogP contribution is -2.30. The van der Waals surface area contributed by atoms with Crippen molar-refractivity contribution in [3.63, 3.8) is 0 Å². The number of unbranched alkanes of at least 4 members (excludes halogenated alkanes) is 24.